The number of benzene rings is 1. The molecule has 160 valence electrons. The molecule has 0 spiro atoms. The van der Waals surface area contributed by atoms with Gasteiger partial charge in [0.2, 0.25) is 10.0 Å². The van der Waals surface area contributed by atoms with Gasteiger partial charge < -0.3 is 14.8 Å². The number of nitrogens with zero attached hydrogens (tertiary/aromatic N) is 1. The quantitative estimate of drug-likeness (QED) is 0.676. The molecular weight excluding hydrogens is 420 g/mol. The first-order valence-corrected chi connectivity index (χ1v) is 11.5. The molecule has 1 saturated heterocycles. The van der Waals surface area contributed by atoms with Crippen molar-refractivity contribution in [3.63, 3.8) is 0 Å². The van der Waals surface area contributed by atoms with E-state index in [9.17, 15) is 18.0 Å². The molecule has 1 aromatic rings. The average Bonchev–Trinajstić information content (AvgIpc) is 2.74. The van der Waals surface area contributed by atoms with Crippen LogP contribution in [0.15, 0.2) is 23.1 Å². The van der Waals surface area contributed by atoms with E-state index in [2.05, 4.69) is 5.32 Å². The summed E-state index contributed by atoms with van der Waals surface area (Å²) in [5, 5.41) is 2.63. The zero-order valence-corrected chi connectivity index (χ0v) is 17.6. The number of morpholine rings is 1. The number of anilines is 1. The topological polar surface area (TPSA) is 102 Å². The van der Waals surface area contributed by atoms with Crippen molar-refractivity contribution in [1.29, 1.82) is 0 Å². The third-order valence-corrected chi connectivity index (χ3v) is 7.47. The van der Waals surface area contributed by atoms with Gasteiger partial charge in [-0.25, -0.2) is 8.42 Å². The number of halogens is 1. The summed E-state index contributed by atoms with van der Waals surface area (Å²) in [6.07, 6.45) is 4.70. The van der Waals surface area contributed by atoms with Gasteiger partial charge in [0.25, 0.3) is 5.91 Å². The number of carbonyl (C=O) groups excluding carboxylic acids is 2. The van der Waals surface area contributed by atoms with Crippen LogP contribution in [-0.2, 0) is 29.1 Å². The molecule has 0 bridgehead atoms. The SMILES string of the molecule is O=C(COC(=O)C1CCCCC1)Nc1ccc(Cl)c(S(=O)(=O)N2CCOCC2)c1. The maximum absolute atomic E-state index is 12.8. The van der Waals surface area contributed by atoms with Crippen LogP contribution in [0.25, 0.3) is 0 Å². The van der Waals surface area contributed by atoms with Gasteiger partial charge in [0.15, 0.2) is 6.61 Å². The van der Waals surface area contributed by atoms with Crippen LogP contribution < -0.4 is 5.32 Å². The van der Waals surface area contributed by atoms with Crippen molar-refractivity contribution in [1.82, 2.24) is 4.31 Å². The van der Waals surface area contributed by atoms with E-state index in [1.165, 1.54) is 22.5 Å². The van der Waals surface area contributed by atoms with Gasteiger partial charge in [-0.05, 0) is 31.0 Å². The second-order valence-electron chi connectivity index (χ2n) is 7.15. The van der Waals surface area contributed by atoms with Crippen LogP contribution >= 0.6 is 11.6 Å². The summed E-state index contributed by atoms with van der Waals surface area (Å²) in [5.74, 6) is -1.03. The number of hydrogen-bond acceptors (Lipinski definition) is 6. The monoisotopic (exact) mass is 444 g/mol. The molecule has 1 aliphatic heterocycles. The fourth-order valence-electron chi connectivity index (χ4n) is 3.49. The van der Waals surface area contributed by atoms with E-state index in [-0.39, 0.29) is 40.6 Å². The summed E-state index contributed by atoms with van der Waals surface area (Å²) in [4.78, 5) is 24.1. The maximum atomic E-state index is 12.8. The van der Waals surface area contributed by atoms with Gasteiger partial charge >= 0.3 is 5.97 Å². The fourth-order valence-corrected chi connectivity index (χ4v) is 5.40. The zero-order chi connectivity index (χ0) is 20.9. The van der Waals surface area contributed by atoms with E-state index in [1.807, 2.05) is 0 Å². The lowest BCUT2D eigenvalue weighted by Gasteiger charge is -2.26. The van der Waals surface area contributed by atoms with E-state index >= 15 is 0 Å². The Morgan fingerprint density at radius 3 is 2.55 bits per heavy atom. The minimum Gasteiger partial charge on any atom is -0.455 e. The highest BCUT2D eigenvalue weighted by atomic mass is 35.5. The minimum absolute atomic E-state index is 0.0678. The van der Waals surface area contributed by atoms with Crippen LogP contribution in [0.5, 0.6) is 0 Å². The lowest BCUT2D eigenvalue weighted by Crippen LogP contribution is -2.40. The molecule has 1 heterocycles. The summed E-state index contributed by atoms with van der Waals surface area (Å²) in [6, 6.07) is 4.23. The second-order valence-corrected chi connectivity index (χ2v) is 9.47. The molecule has 0 atom stereocenters. The molecule has 2 aliphatic rings. The van der Waals surface area contributed by atoms with E-state index < -0.39 is 22.5 Å². The summed E-state index contributed by atoms with van der Waals surface area (Å²) < 4.78 is 37.3. The lowest BCUT2D eigenvalue weighted by atomic mass is 9.89. The van der Waals surface area contributed by atoms with Crippen LogP contribution in [0, 0.1) is 5.92 Å². The number of esters is 1. The number of sulfonamides is 1. The predicted molar refractivity (Wildman–Crippen MR) is 107 cm³/mol. The van der Waals surface area contributed by atoms with Crippen LogP contribution in [-0.4, -0.2) is 57.5 Å². The smallest absolute Gasteiger partial charge is 0.309 e. The Hall–Kier alpha value is -1.68. The number of hydrogen-bond donors (Lipinski definition) is 1. The van der Waals surface area contributed by atoms with Crippen LogP contribution in [0.3, 0.4) is 0 Å². The van der Waals surface area contributed by atoms with Crippen molar-refractivity contribution >= 4 is 39.2 Å². The van der Waals surface area contributed by atoms with Crippen molar-refractivity contribution < 1.29 is 27.5 Å². The maximum Gasteiger partial charge on any atom is 0.309 e. The number of rotatable bonds is 6. The predicted octanol–water partition coefficient (Wildman–Crippen LogP) is 2.42. The third kappa shape index (κ3) is 5.69. The van der Waals surface area contributed by atoms with Crippen LogP contribution in [0.4, 0.5) is 5.69 Å². The Kier molecular flexibility index (Phi) is 7.50. The molecule has 29 heavy (non-hydrogen) atoms. The van der Waals surface area contributed by atoms with Crippen molar-refractivity contribution in [2.45, 2.75) is 37.0 Å². The molecule has 1 aliphatic carbocycles. The van der Waals surface area contributed by atoms with Crippen LogP contribution in [0.1, 0.15) is 32.1 Å². The molecule has 10 heteroatoms. The van der Waals surface area contributed by atoms with Crippen molar-refractivity contribution in [2.24, 2.45) is 5.92 Å². The second kappa shape index (κ2) is 9.88. The van der Waals surface area contributed by atoms with Gasteiger partial charge in [-0.15, -0.1) is 0 Å². The first-order valence-electron chi connectivity index (χ1n) is 9.72. The first-order chi connectivity index (χ1) is 13.9. The standard InChI is InChI=1S/C19H25ClN2O6S/c20-16-7-6-15(12-17(16)29(25,26)22-8-10-27-11-9-22)21-18(23)13-28-19(24)14-4-2-1-3-5-14/h6-7,12,14H,1-5,8-11,13H2,(H,21,23). The minimum atomic E-state index is -3.81. The first kappa shape index (κ1) is 22.0. The fraction of sp³-hybridized carbons (Fsp3) is 0.579. The Balaban J connectivity index is 1.61. The van der Waals surface area contributed by atoms with Gasteiger partial charge in [0, 0.05) is 18.8 Å². The highest BCUT2D eigenvalue weighted by molar-refractivity contribution is 7.89. The zero-order valence-electron chi connectivity index (χ0n) is 16.1. The van der Waals surface area contributed by atoms with Crippen molar-refractivity contribution in [3.05, 3.63) is 23.2 Å². The summed E-state index contributed by atoms with van der Waals surface area (Å²) in [6.45, 7) is 0.710. The summed E-state index contributed by atoms with van der Waals surface area (Å²) in [7, 11) is -3.81. The normalized spacial score (nSPS) is 18.9. The molecule has 1 amide bonds. The molecular formula is C19H25ClN2O6S. The number of amides is 1. The van der Waals surface area contributed by atoms with Gasteiger partial charge in [0.1, 0.15) is 4.90 Å². The molecule has 0 aromatic heterocycles. The van der Waals surface area contributed by atoms with E-state index in [0.29, 0.717) is 13.2 Å². The lowest BCUT2D eigenvalue weighted by molar-refractivity contribution is -0.152. The number of carbonyl (C=O) groups is 2. The Bertz CT molecular complexity index is 848. The Morgan fingerprint density at radius 1 is 1.17 bits per heavy atom. The van der Waals surface area contributed by atoms with E-state index in [4.69, 9.17) is 21.1 Å². The van der Waals surface area contributed by atoms with E-state index in [1.54, 1.807) is 0 Å². The Labute approximate surface area is 175 Å². The highest BCUT2D eigenvalue weighted by Crippen LogP contribution is 2.28. The number of ether oxygens (including phenoxy) is 2. The molecule has 0 radical (unpaired) electrons. The van der Waals surface area contributed by atoms with Gasteiger partial charge in [-0.1, -0.05) is 30.9 Å². The highest BCUT2D eigenvalue weighted by Gasteiger charge is 2.29. The molecule has 0 unspecified atom stereocenters. The van der Waals surface area contributed by atoms with Gasteiger partial charge in [-0.3, -0.25) is 9.59 Å². The molecule has 8 nitrogen and oxygen atoms in total. The summed E-state index contributed by atoms with van der Waals surface area (Å²) in [5.41, 5.74) is 0.264. The third-order valence-electron chi connectivity index (χ3n) is 5.09. The van der Waals surface area contributed by atoms with Crippen molar-refractivity contribution in [3.8, 4) is 0 Å². The van der Waals surface area contributed by atoms with Crippen LogP contribution in [0.2, 0.25) is 5.02 Å². The average molecular weight is 445 g/mol. The van der Waals surface area contributed by atoms with Gasteiger partial charge in [-0.2, -0.15) is 4.31 Å². The molecule has 1 aromatic carbocycles. The Morgan fingerprint density at radius 2 is 1.86 bits per heavy atom. The van der Waals surface area contributed by atoms with Crippen molar-refractivity contribution in [2.75, 3.05) is 38.2 Å². The largest absolute Gasteiger partial charge is 0.455 e. The number of nitrogens with one attached hydrogen (secondary N) is 1. The molecule has 1 saturated carbocycles. The molecule has 3 rings (SSSR count). The summed E-state index contributed by atoms with van der Waals surface area (Å²) >= 11 is 6.11. The van der Waals surface area contributed by atoms with E-state index in [0.717, 1.165) is 32.1 Å². The molecule has 2 fully saturated rings. The molecule has 1 N–H and O–H groups in total. The van der Waals surface area contributed by atoms with Gasteiger partial charge in [0.05, 0.1) is 24.2 Å².